The van der Waals surface area contributed by atoms with Crippen LogP contribution < -0.4 is 4.90 Å². The molecule has 0 radical (unpaired) electrons. The van der Waals surface area contributed by atoms with Gasteiger partial charge in [-0.05, 0) is 29.5 Å². The van der Waals surface area contributed by atoms with Gasteiger partial charge in [0.15, 0.2) is 0 Å². The number of aryl methyl sites for hydroxylation is 1. The van der Waals surface area contributed by atoms with Gasteiger partial charge in [-0.2, -0.15) is 0 Å². The number of aromatic nitrogens is 1. The first-order valence-corrected chi connectivity index (χ1v) is 6.01. The third-order valence-electron chi connectivity index (χ3n) is 3.11. The van der Waals surface area contributed by atoms with Gasteiger partial charge in [-0.1, -0.05) is 18.1 Å². The van der Waals surface area contributed by atoms with Crippen molar-refractivity contribution in [3.05, 3.63) is 34.3 Å². The van der Waals surface area contributed by atoms with E-state index in [-0.39, 0.29) is 11.8 Å². The first kappa shape index (κ1) is 12.4. The zero-order valence-electron chi connectivity index (χ0n) is 10.3. The number of hydrogen-bond donors (Lipinski definition) is 0. The SMILES string of the molecule is CCc1cccnc1N1CC(CN=[N+]=[N-])CC1=O. The van der Waals surface area contributed by atoms with Gasteiger partial charge in [0, 0.05) is 30.6 Å². The van der Waals surface area contributed by atoms with E-state index >= 15 is 0 Å². The van der Waals surface area contributed by atoms with Crippen LogP contribution in [0, 0.1) is 5.92 Å². The Morgan fingerprint density at radius 3 is 3.22 bits per heavy atom. The maximum Gasteiger partial charge on any atom is 0.228 e. The lowest BCUT2D eigenvalue weighted by Crippen LogP contribution is -2.26. The van der Waals surface area contributed by atoms with Crippen molar-refractivity contribution in [3.63, 3.8) is 0 Å². The van der Waals surface area contributed by atoms with Gasteiger partial charge >= 0.3 is 0 Å². The molecule has 1 saturated heterocycles. The largest absolute Gasteiger partial charge is 0.296 e. The number of azide groups is 1. The second-order valence-electron chi connectivity index (χ2n) is 4.33. The number of nitrogens with zero attached hydrogens (tertiary/aromatic N) is 5. The lowest BCUT2D eigenvalue weighted by atomic mass is 10.1. The van der Waals surface area contributed by atoms with E-state index in [0.717, 1.165) is 17.8 Å². The predicted octanol–water partition coefficient (Wildman–Crippen LogP) is 2.31. The second-order valence-corrected chi connectivity index (χ2v) is 4.33. The van der Waals surface area contributed by atoms with E-state index in [4.69, 9.17) is 5.53 Å². The normalized spacial score (nSPS) is 18.8. The predicted molar refractivity (Wildman–Crippen MR) is 68.1 cm³/mol. The molecular formula is C12H15N5O. The zero-order valence-corrected chi connectivity index (χ0v) is 10.3. The van der Waals surface area contributed by atoms with Crippen molar-refractivity contribution in [3.8, 4) is 0 Å². The highest BCUT2D eigenvalue weighted by atomic mass is 16.2. The average molecular weight is 245 g/mol. The Kier molecular flexibility index (Phi) is 3.79. The maximum absolute atomic E-state index is 12.0. The van der Waals surface area contributed by atoms with Crippen LogP contribution >= 0.6 is 0 Å². The van der Waals surface area contributed by atoms with Crippen LogP contribution in [0.5, 0.6) is 0 Å². The number of pyridine rings is 1. The second kappa shape index (κ2) is 5.51. The molecule has 0 spiro atoms. The molecule has 1 aliphatic rings. The van der Waals surface area contributed by atoms with Crippen LogP contribution in [0.2, 0.25) is 0 Å². The quantitative estimate of drug-likeness (QED) is 0.463. The van der Waals surface area contributed by atoms with Gasteiger partial charge in [0.25, 0.3) is 0 Å². The van der Waals surface area contributed by atoms with E-state index in [1.54, 1.807) is 11.1 Å². The van der Waals surface area contributed by atoms with Crippen molar-refractivity contribution < 1.29 is 4.79 Å². The minimum absolute atomic E-state index is 0.0570. The fourth-order valence-electron chi connectivity index (χ4n) is 2.21. The summed E-state index contributed by atoms with van der Waals surface area (Å²) in [5.41, 5.74) is 9.37. The Morgan fingerprint density at radius 2 is 2.50 bits per heavy atom. The van der Waals surface area contributed by atoms with Gasteiger partial charge in [0.05, 0.1) is 0 Å². The van der Waals surface area contributed by atoms with Crippen LogP contribution in [-0.2, 0) is 11.2 Å². The molecule has 0 bridgehead atoms. The third-order valence-corrected chi connectivity index (χ3v) is 3.11. The molecule has 1 fully saturated rings. The summed E-state index contributed by atoms with van der Waals surface area (Å²) in [6.45, 7) is 2.99. The molecule has 1 aromatic rings. The first-order valence-electron chi connectivity index (χ1n) is 6.01. The Labute approximate surface area is 105 Å². The number of rotatable bonds is 4. The average Bonchev–Trinajstić information content (AvgIpc) is 2.77. The van der Waals surface area contributed by atoms with Crippen LogP contribution in [0.1, 0.15) is 18.9 Å². The minimum atomic E-state index is 0.0570. The summed E-state index contributed by atoms with van der Waals surface area (Å²) in [6.07, 6.45) is 2.97. The standard InChI is InChI=1S/C12H15N5O/c1-2-10-4-3-5-14-12(10)17-8-9(6-11(17)18)7-15-16-13/h3-5,9H,2,6-8H2,1H3. The molecule has 1 aromatic heterocycles. The number of anilines is 1. The third kappa shape index (κ3) is 2.43. The number of amides is 1. The minimum Gasteiger partial charge on any atom is -0.296 e. The molecule has 2 rings (SSSR count). The Hall–Kier alpha value is -2.07. The van der Waals surface area contributed by atoms with E-state index in [9.17, 15) is 4.79 Å². The van der Waals surface area contributed by atoms with Crippen LogP contribution in [0.3, 0.4) is 0 Å². The first-order chi connectivity index (χ1) is 8.76. The van der Waals surface area contributed by atoms with Crippen molar-refractivity contribution >= 4 is 11.7 Å². The molecule has 0 aromatic carbocycles. The summed E-state index contributed by atoms with van der Waals surface area (Å²) in [7, 11) is 0. The van der Waals surface area contributed by atoms with E-state index < -0.39 is 0 Å². The van der Waals surface area contributed by atoms with Crippen molar-refractivity contribution in [2.24, 2.45) is 11.0 Å². The summed E-state index contributed by atoms with van der Waals surface area (Å²) < 4.78 is 0. The van der Waals surface area contributed by atoms with Gasteiger partial charge < -0.3 is 0 Å². The van der Waals surface area contributed by atoms with Crippen LogP contribution in [0.25, 0.3) is 10.4 Å². The fraction of sp³-hybridized carbons (Fsp3) is 0.500. The summed E-state index contributed by atoms with van der Waals surface area (Å²) >= 11 is 0. The molecular weight excluding hydrogens is 230 g/mol. The van der Waals surface area contributed by atoms with Gasteiger partial charge in [0.1, 0.15) is 5.82 Å². The molecule has 1 aliphatic heterocycles. The van der Waals surface area contributed by atoms with Crippen molar-refractivity contribution in [1.82, 2.24) is 4.98 Å². The van der Waals surface area contributed by atoms with Crippen LogP contribution in [-0.4, -0.2) is 24.0 Å². The lowest BCUT2D eigenvalue weighted by Gasteiger charge is -2.18. The summed E-state index contributed by atoms with van der Waals surface area (Å²) in [4.78, 5) is 20.7. The van der Waals surface area contributed by atoms with Crippen molar-refractivity contribution in [2.75, 3.05) is 18.0 Å². The summed E-state index contributed by atoms with van der Waals surface area (Å²) in [5, 5.41) is 3.54. The molecule has 18 heavy (non-hydrogen) atoms. The molecule has 6 nitrogen and oxygen atoms in total. The van der Waals surface area contributed by atoms with Gasteiger partial charge in [0.2, 0.25) is 5.91 Å². The van der Waals surface area contributed by atoms with Crippen LogP contribution in [0.15, 0.2) is 23.4 Å². The van der Waals surface area contributed by atoms with Crippen molar-refractivity contribution in [2.45, 2.75) is 19.8 Å². The van der Waals surface area contributed by atoms with Crippen molar-refractivity contribution in [1.29, 1.82) is 0 Å². The topological polar surface area (TPSA) is 82.0 Å². The molecule has 1 atom stereocenters. The highest BCUT2D eigenvalue weighted by Gasteiger charge is 2.31. The Bertz CT molecular complexity index is 495. The molecule has 0 N–H and O–H groups in total. The summed E-state index contributed by atoms with van der Waals surface area (Å²) in [6, 6.07) is 3.86. The maximum atomic E-state index is 12.0. The van der Waals surface area contributed by atoms with Crippen LogP contribution in [0.4, 0.5) is 5.82 Å². The zero-order chi connectivity index (χ0) is 13.0. The number of carbonyl (C=O) groups is 1. The molecule has 0 saturated carbocycles. The summed E-state index contributed by atoms with van der Waals surface area (Å²) in [5.74, 6) is 0.898. The number of hydrogen-bond acceptors (Lipinski definition) is 3. The molecule has 0 aliphatic carbocycles. The molecule has 6 heteroatoms. The molecule has 2 heterocycles. The Morgan fingerprint density at radius 1 is 1.67 bits per heavy atom. The Balaban J connectivity index is 2.18. The van der Waals surface area contributed by atoms with Gasteiger partial charge in [-0.3, -0.25) is 9.69 Å². The van der Waals surface area contributed by atoms with E-state index in [2.05, 4.69) is 15.0 Å². The fourth-order valence-corrected chi connectivity index (χ4v) is 2.21. The van der Waals surface area contributed by atoms with E-state index in [0.29, 0.717) is 19.5 Å². The number of carbonyl (C=O) groups excluding carboxylic acids is 1. The molecule has 1 unspecified atom stereocenters. The van der Waals surface area contributed by atoms with Gasteiger partial charge in [-0.25, -0.2) is 4.98 Å². The van der Waals surface area contributed by atoms with E-state index in [1.807, 2.05) is 19.1 Å². The highest BCUT2D eigenvalue weighted by Crippen LogP contribution is 2.26. The molecule has 1 amide bonds. The lowest BCUT2D eigenvalue weighted by molar-refractivity contribution is -0.117. The smallest absolute Gasteiger partial charge is 0.228 e. The molecule has 94 valence electrons. The monoisotopic (exact) mass is 245 g/mol. The van der Waals surface area contributed by atoms with Gasteiger partial charge in [-0.15, -0.1) is 0 Å². The highest BCUT2D eigenvalue weighted by molar-refractivity contribution is 5.95. The van der Waals surface area contributed by atoms with E-state index in [1.165, 1.54) is 0 Å².